The van der Waals surface area contributed by atoms with Crippen LogP contribution in [0.3, 0.4) is 0 Å². The molecule has 19 heavy (non-hydrogen) atoms. The third kappa shape index (κ3) is 5.83. The first-order valence-corrected chi connectivity index (χ1v) is 8.37. The van der Waals surface area contributed by atoms with Crippen molar-refractivity contribution in [3.05, 3.63) is 0 Å². The van der Waals surface area contributed by atoms with E-state index in [4.69, 9.17) is 0 Å². The second-order valence-corrected chi connectivity index (χ2v) is 7.43. The lowest BCUT2D eigenvalue weighted by Crippen LogP contribution is -2.55. The van der Waals surface area contributed by atoms with E-state index in [9.17, 15) is 0 Å². The number of hydrogen-bond donors (Lipinski definition) is 1. The molecule has 1 heterocycles. The first kappa shape index (κ1) is 17.0. The molecule has 2 heteroatoms. The molecule has 2 nitrogen and oxygen atoms in total. The third-order valence-corrected chi connectivity index (χ3v) is 4.76. The number of nitrogens with zero attached hydrogens (tertiary/aromatic N) is 1. The zero-order valence-corrected chi connectivity index (χ0v) is 14.0. The minimum atomic E-state index is 0.419. The molecule has 2 unspecified atom stereocenters. The molecule has 0 amide bonds. The van der Waals surface area contributed by atoms with Gasteiger partial charge in [0.2, 0.25) is 0 Å². The highest BCUT2D eigenvalue weighted by atomic mass is 15.2. The Bertz CT molecular complexity index is 232. The molecular weight excluding hydrogens is 232 g/mol. The number of likely N-dealkylation sites (N-methyl/N-ethyl adjacent to an activating group) is 1. The van der Waals surface area contributed by atoms with Crippen LogP contribution in [0.1, 0.15) is 66.2 Å². The predicted molar refractivity (Wildman–Crippen MR) is 85.6 cm³/mol. The Morgan fingerprint density at radius 2 is 1.84 bits per heavy atom. The zero-order valence-electron chi connectivity index (χ0n) is 14.0. The van der Waals surface area contributed by atoms with Gasteiger partial charge in [0.1, 0.15) is 0 Å². The Kier molecular flexibility index (Phi) is 7.38. The maximum Gasteiger partial charge on any atom is 0.0251 e. The van der Waals surface area contributed by atoms with Gasteiger partial charge in [-0.3, -0.25) is 0 Å². The Hall–Kier alpha value is -0.0800. The largest absolute Gasteiger partial charge is 0.314 e. The molecule has 0 spiro atoms. The lowest BCUT2D eigenvalue weighted by Gasteiger charge is -2.44. The van der Waals surface area contributed by atoms with Crippen LogP contribution in [0.5, 0.6) is 0 Å². The van der Waals surface area contributed by atoms with Gasteiger partial charge in [0.25, 0.3) is 0 Å². The Morgan fingerprint density at radius 1 is 1.16 bits per heavy atom. The summed E-state index contributed by atoms with van der Waals surface area (Å²) in [6.07, 6.45) is 8.40. The van der Waals surface area contributed by atoms with Crippen molar-refractivity contribution in [3.63, 3.8) is 0 Å². The summed E-state index contributed by atoms with van der Waals surface area (Å²) in [5, 5.41) is 3.59. The van der Waals surface area contributed by atoms with Crippen molar-refractivity contribution in [2.24, 2.45) is 11.3 Å². The zero-order chi connectivity index (χ0) is 14.3. The maximum atomic E-state index is 3.59. The fourth-order valence-electron chi connectivity index (χ4n) is 3.45. The molecule has 1 saturated heterocycles. The second kappa shape index (κ2) is 8.26. The van der Waals surface area contributed by atoms with E-state index in [2.05, 4.69) is 45.0 Å². The van der Waals surface area contributed by atoms with Gasteiger partial charge in [-0.05, 0) is 24.8 Å². The highest BCUT2D eigenvalue weighted by Crippen LogP contribution is 2.35. The molecule has 0 saturated carbocycles. The molecule has 114 valence electrons. The smallest absolute Gasteiger partial charge is 0.0251 e. The first-order chi connectivity index (χ1) is 8.96. The van der Waals surface area contributed by atoms with Gasteiger partial charge in [0.15, 0.2) is 0 Å². The van der Waals surface area contributed by atoms with Crippen LogP contribution in [0.15, 0.2) is 0 Å². The fraction of sp³-hybridized carbons (Fsp3) is 1.00. The van der Waals surface area contributed by atoms with Crippen LogP contribution in [0.2, 0.25) is 0 Å². The number of rotatable bonds is 7. The average molecular weight is 268 g/mol. The molecule has 1 aliphatic rings. The van der Waals surface area contributed by atoms with Crippen molar-refractivity contribution in [2.45, 2.75) is 72.3 Å². The van der Waals surface area contributed by atoms with Gasteiger partial charge in [-0.25, -0.2) is 0 Å². The van der Waals surface area contributed by atoms with Crippen LogP contribution >= 0.6 is 0 Å². The summed E-state index contributed by atoms with van der Waals surface area (Å²) < 4.78 is 0. The molecule has 0 aromatic carbocycles. The summed E-state index contributed by atoms with van der Waals surface area (Å²) in [4.78, 5) is 2.58. The van der Waals surface area contributed by atoms with Crippen molar-refractivity contribution >= 4 is 0 Å². The molecule has 0 aromatic rings. The molecule has 0 bridgehead atoms. The van der Waals surface area contributed by atoms with E-state index >= 15 is 0 Å². The lowest BCUT2D eigenvalue weighted by molar-refractivity contribution is 0.0669. The molecule has 0 aromatic heterocycles. The predicted octanol–water partition coefficient (Wildman–Crippen LogP) is 3.91. The number of nitrogens with one attached hydrogen (secondary N) is 1. The Balaban J connectivity index is 2.47. The summed E-state index contributed by atoms with van der Waals surface area (Å²) in [5.74, 6) is 0.812. The third-order valence-electron chi connectivity index (χ3n) is 4.76. The van der Waals surface area contributed by atoms with E-state index < -0.39 is 0 Å². The monoisotopic (exact) mass is 268 g/mol. The van der Waals surface area contributed by atoms with Crippen LogP contribution in [0.4, 0.5) is 0 Å². The standard InChI is InChI=1S/C17H36N2/c1-6-7-8-9-10-11-15(17(2,3)4)16-14-18-12-13-19(16)5/h15-16,18H,6-14H2,1-5H3. The fourth-order valence-corrected chi connectivity index (χ4v) is 3.45. The highest BCUT2D eigenvalue weighted by Gasteiger charge is 2.34. The van der Waals surface area contributed by atoms with Gasteiger partial charge in [-0.2, -0.15) is 0 Å². The molecular formula is C17H36N2. The SMILES string of the molecule is CCCCCCCC(C1CNCCN1C)C(C)(C)C. The molecule has 0 radical (unpaired) electrons. The van der Waals surface area contributed by atoms with Crippen LogP contribution in [0, 0.1) is 11.3 Å². The van der Waals surface area contributed by atoms with Gasteiger partial charge in [-0.1, -0.05) is 59.8 Å². The summed E-state index contributed by atoms with van der Waals surface area (Å²) in [6, 6.07) is 0.722. The maximum absolute atomic E-state index is 3.59. The Morgan fingerprint density at radius 3 is 2.42 bits per heavy atom. The van der Waals surface area contributed by atoms with Crippen molar-refractivity contribution in [1.29, 1.82) is 0 Å². The summed E-state index contributed by atoms with van der Waals surface area (Å²) in [6.45, 7) is 13.1. The quantitative estimate of drug-likeness (QED) is 0.704. The summed E-state index contributed by atoms with van der Waals surface area (Å²) >= 11 is 0. The van der Waals surface area contributed by atoms with Crippen molar-refractivity contribution in [1.82, 2.24) is 10.2 Å². The molecule has 1 aliphatic heterocycles. The van der Waals surface area contributed by atoms with E-state index in [1.165, 1.54) is 51.6 Å². The van der Waals surface area contributed by atoms with Crippen LogP contribution in [-0.4, -0.2) is 37.6 Å². The van der Waals surface area contributed by atoms with E-state index in [0.717, 1.165) is 18.5 Å². The molecule has 1 fully saturated rings. The van der Waals surface area contributed by atoms with Crippen LogP contribution in [-0.2, 0) is 0 Å². The normalized spacial score (nSPS) is 23.5. The number of hydrogen-bond acceptors (Lipinski definition) is 2. The van der Waals surface area contributed by atoms with Crippen molar-refractivity contribution in [2.75, 3.05) is 26.7 Å². The van der Waals surface area contributed by atoms with E-state index in [1.54, 1.807) is 0 Å². The van der Waals surface area contributed by atoms with Crippen molar-refractivity contribution < 1.29 is 0 Å². The Labute approximate surface area is 121 Å². The van der Waals surface area contributed by atoms with E-state index in [1.807, 2.05) is 0 Å². The first-order valence-electron chi connectivity index (χ1n) is 8.37. The van der Waals surface area contributed by atoms with Gasteiger partial charge < -0.3 is 10.2 Å². The van der Waals surface area contributed by atoms with Gasteiger partial charge in [0, 0.05) is 25.7 Å². The van der Waals surface area contributed by atoms with Crippen molar-refractivity contribution in [3.8, 4) is 0 Å². The minimum Gasteiger partial charge on any atom is -0.314 e. The number of piperazine rings is 1. The van der Waals surface area contributed by atoms with Crippen LogP contribution < -0.4 is 5.32 Å². The second-order valence-electron chi connectivity index (χ2n) is 7.43. The summed E-state index contributed by atoms with van der Waals surface area (Å²) in [7, 11) is 2.31. The average Bonchev–Trinajstić information content (AvgIpc) is 2.34. The molecule has 0 aliphatic carbocycles. The lowest BCUT2D eigenvalue weighted by atomic mass is 9.72. The van der Waals surface area contributed by atoms with E-state index in [-0.39, 0.29) is 0 Å². The molecule has 1 rings (SSSR count). The van der Waals surface area contributed by atoms with Gasteiger partial charge >= 0.3 is 0 Å². The molecule has 1 N–H and O–H groups in total. The minimum absolute atomic E-state index is 0.419. The van der Waals surface area contributed by atoms with E-state index in [0.29, 0.717) is 5.41 Å². The number of unbranched alkanes of at least 4 members (excludes halogenated alkanes) is 4. The highest BCUT2D eigenvalue weighted by molar-refractivity contribution is 4.89. The summed E-state index contributed by atoms with van der Waals surface area (Å²) in [5.41, 5.74) is 0.419. The molecule has 2 atom stereocenters. The topological polar surface area (TPSA) is 15.3 Å². The van der Waals surface area contributed by atoms with Gasteiger partial charge in [0.05, 0.1) is 0 Å². The van der Waals surface area contributed by atoms with Gasteiger partial charge in [-0.15, -0.1) is 0 Å². The van der Waals surface area contributed by atoms with Crippen LogP contribution in [0.25, 0.3) is 0 Å².